The lowest BCUT2D eigenvalue weighted by Gasteiger charge is -2.34. The molecule has 4 heteroatoms. The van der Waals surface area contributed by atoms with Crippen molar-refractivity contribution in [2.45, 2.75) is 45.1 Å². The van der Waals surface area contributed by atoms with Crippen LogP contribution in [0.25, 0.3) is 0 Å². The minimum absolute atomic E-state index is 0. The number of nitrogens with zero attached hydrogens (tertiary/aromatic N) is 1. The van der Waals surface area contributed by atoms with Crippen LogP contribution in [-0.4, -0.2) is 48.8 Å². The van der Waals surface area contributed by atoms with E-state index < -0.39 is 0 Å². The van der Waals surface area contributed by atoms with Crippen molar-refractivity contribution in [2.24, 2.45) is 11.8 Å². The van der Waals surface area contributed by atoms with Crippen molar-refractivity contribution in [3.05, 3.63) is 0 Å². The smallest absolute Gasteiger partial charge is 0.0541 e. The Morgan fingerprint density at radius 3 is 2.33 bits per heavy atom. The van der Waals surface area contributed by atoms with Crippen LogP contribution in [0.3, 0.4) is 0 Å². The Morgan fingerprint density at radius 2 is 1.78 bits per heavy atom. The van der Waals surface area contributed by atoms with Crippen LogP contribution >= 0.6 is 12.4 Å². The van der Waals surface area contributed by atoms with Crippen LogP contribution in [0, 0.1) is 11.8 Å². The molecule has 108 valence electrons. The van der Waals surface area contributed by atoms with Gasteiger partial charge in [-0.1, -0.05) is 0 Å². The Hall–Kier alpha value is 0.170. The normalized spacial score (nSPS) is 25.7. The van der Waals surface area contributed by atoms with Gasteiger partial charge in [0.15, 0.2) is 0 Å². The van der Waals surface area contributed by atoms with Crippen molar-refractivity contribution in [1.29, 1.82) is 0 Å². The quantitative estimate of drug-likeness (QED) is 0.823. The van der Waals surface area contributed by atoms with Crippen LogP contribution in [-0.2, 0) is 0 Å². The molecule has 2 aliphatic heterocycles. The molecule has 1 unspecified atom stereocenters. The Kier molecular flexibility index (Phi) is 7.54. The molecule has 2 rings (SSSR count). The van der Waals surface area contributed by atoms with Crippen LogP contribution in [0.15, 0.2) is 0 Å². The molecule has 3 nitrogen and oxygen atoms in total. The number of likely N-dealkylation sites (tertiary alicyclic amines) is 1. The highest BCUT2D eigenvalue weighted by molar-refractivity contribution is 5.85. The largest absolute Gasteiger partial charge is 0.393 e. The van der Waals surface area contributed by atoms with E-state index in [-0.39, 0.29) is 18.5 Å². The molecule has 0 aliphatic carbocycles. The van der Waals surface area contributed by atoms with E-state index >= 15 is 0 Å². The Balaban J connectivity index is 0.00000162. The van der Waals surface area contributed by atoms with E-state index in [4.69, 9.17) is 0 Å². The van der Waals surface area contributed by atoms with Crippen LogP contribution in [0.5, 0.6) is 0 Å². The highest BCUT2D eigenvalue weighted by Gasteiger charge is 2.23. The number of aliphatic hydroxyl groups excluding tert-OH is 1. The van der Waals surface area contributed by atoms with Gasteiger partial charge < -0.3 is 15.3 Å². The van der Waals surface area contributed by atoms with Gasteiger partial charge in [0.25, 0.3) is 0 Å². The van der Waals surface area contributed by atoms with E-state index in [0.717, 1.165) is 5.92 Å². The fourth-order valence-corrected chi connectivity index (χ4v) is 3.19. The number of rotatable bonds is 4. The van der Waals surface area contributed by atoms with Gasteiger partial charge in [0.2, 0.25) is 0 Å². The van der Waals surface area contributed by atoms with Crippen LogP contribution in [0.4, 0.5) is 0 Å². The average Bonchev–Trinajstić information content (AvgIpc) is 2.38. The highest BCUT2D eigenvalue weighted by Crippen LogP contribution is 2.22. The first-order valence-electron chi connectivity index (χ1n) is 7.37. The topological polar surface area (TPSA) is 35.5 Å². The van der Waals surface area contributed by atoms with E-state index in [2.05, 4.69) is 10.2 Å². The lowest BCUT2D eigenvalue weighted by molar-refractivity contribution is 0.0694. The summed E-state index contributed by atoms with van der Waals surface area (Å²) in [6.45, 7) is 8.04. The molecule has 18 heavy (non-hydrogen) atoms. The molecule has 2 saturated heterocycles. The van der Waals surface area contributed by atoms with Gasteiger partial charge in [0, 0.05) is 0 Å². The molecule has 0 amide bonds. The third-order valence-electron chi connectivity index (χ3n) is 4.63. The second-order valence-electron chi connectivity index (χ2n) is 5.90. The molecule has 0 spiro atoms. The third kappa shape index (κ3) is 5.04. The predicted molar refractivity (Wildman–Crippen MR) is 78.3 cm³/mol. The number of aliphatic hydroxyl groups is 1. The summed E-state index contributed by atoms with van der Waals surface area (Å²) in [5.41, 5.74) is 0. The summed E-state index contributed by atoms with van der Waals surface area (Å²) >= 11 is 0. The molecule has 0 aromatic carbocycles. The van der Waals surface area contributed by atoms with Crippen molar-refractivity contribution in [1.82, 2.24) is 10.2 Å². The summed E-state index contributed by atoms with van der Waals surface area (Å²) in [4.78, 5) is 2.60. The molecule has 0 aromatic rings. The maximum atomic E-state index is 9.57. The summed E-state index contributed by atoms with van der Waals surface area (Å²) in [6, 6.07) is 0. The zero-order valence-electron chi connectivity index (χ0n) is 11.6. The maximum absolute atomic E-state index is 9.57. The number of halogens is 1. The molecular formula is C14H29ClN2O. The Labute approximate surface area is 118 Å². The van der Waals surface area contributed by atoms with Crippen molar-refractivity contribution >= 4 is 12.4 Å². The van der Waals surface area contributed by atoms with Gasteiger partial charge >= 0.3 is 0 Å². The summed E-state index contributed by atoms with van der Waals surface area (Å²) < 4.78 is 0. The van der Waals surface area contributed by atoms with Gasteiger partial charge in [-0.15, -0.1) is 12.4 Å². The summed E-state index contributed by atoms with van der Waals surface area (Å²) in [5.74, 6) is 1.50. The van der Waals surface area contributed by atoms with E-state index in [1.54, 1.807) is 0 Å². The lowest BCUT2D eigenvalue weighted by atomic mass is 9.91. The fraction of sp³-hybridized carbons (Fsp3) is 1.00. The molecule has 1 atom stereocenters. The SMILES string of the molecule is CC(O)C1CCN(CCC2CCNCC2)CC1.Cl. The third-order valence-corrected chi connectivity index (χ3v) is 4.63. The van der Waals surface area contributed by atoms with Crippen LogP contribution < -0.4 is 5.32 Å². The van der Waals surface area contributed by atoms with Crippen molar-refractivity contribution < 1.29 is 5.11 Å². The lowest BCUT2D eigenvalue weighted by Crippen LogP contribution is -2.38. The minimum Gasteiger partial charge on any atom is -0.393 e. The maximum Gasteiger partial charge on any atom is 0.0541 e. The second kappa shape index (κ2) is 8.36. The van der Waals surface area contributed by atoms with Crippen LogP contribution in [0.2, 0.25) is 0 Å². The van der Waals surface area contributed by atoms with Gasteiger partial charge in [0.05, 0.1) is 6.10 Å². The van der Waals surface area contributed by atoms with Crippen LogP contribution in [0.1, 0.15) is 39.0 Å². The zero-order valence-corrected chi connectivity index (χ0v) is 12.4. The second-order valence-corrected chi connectivity index (χ2v) is 5.90. The first-order chi connectivity index (χ1) is 8.25. The summed E-state index contributed by atoms with van der Waals surface area (Å²) in [5, 5.41) is 13.0. The first kappa shape index (κ1) is 16.2. The summed E-state index contributed by atoms with van der Waals surface area (Å²) in [7, 11) is 0. The molecule has 2 N–H and O–H groups in total. The molecule has 0 bridgehead atoms. The molecular weight excluding hydrogens is 248 g/mol. The van der Waals surface area contributed by atoms with Crippen molar-refractivity contribution in [3.63, 3.8) is 0 Å². The molecule has 0 radical (unpaired) electrons. The molecule has 0 aromatic heterocycles. The van der Waals surface area contributed by atoms with E-state index in [1.807, 2.05) is 6.92 Å². The van der Waals surface area contributed by atoms with Crippen molar-refractivity contribution in [2.75, 3.05) is 32.7 Å². The van der Waals surface area contributed by atoms with Gasteiger partial charge in [0.1, 0.15) is 0 Å². The predicted octanol–water partition coefficient (Wildman–Crippen LogP) is 1.89. The number of hydrogen-bond donors (Lipinski definition) is 2. The van der Waals surface area contributed by atoms with Gasteiger partial charge in [-0.3, -0.25) is 0 Å². The minimum atomic E-state index is -0.110. The Bertz CT molecular complexity index is 212. The van der Waals surface area contributed by atoms with Gasteiger partial charge in [-0.25, -0.2) is 0 Å². The molecule has 2 heterocycles. The molecule has 0 saturated carbocycles. The monoisotopic (exact) mass is 276 g/mol. The average molecular weight is 277 g/mol. The van der Waals surface area contributed by atoms with Crippen molar-refractivity contribution in [3.8, 4) is 0 Å². The van der Waals surface area contributed by atoms with E-state index in [1.165, 1.54) is 64.8 Å². The highest BCUT2D eigenvalue weighted by atomic mass is 35.5. The first-order valence-corrected chi connectivity index (χ1v) is 7.37. The van der Waals surface area contributed by atoms with E-state index in [0.29, 0.717) is 5.92 Å². The van der Waals surface area contributed by atoms with Gasteiger partial charge in [-0.2, -0.15) is 0 Å². The standard InChI is InChI=1S/C14H28N2O.ClH/c1-12(17)14-5-10-16(11-6-14)9-4-13-2-7-15-8-3-13;/h12-15,17H,2-11H2,1H3;1H. The van der Waals surface area contributed by atoms with E-state index in [9.17, 15) is 5.11 Å². The number of hydrogen-bond acceptors (Lipinski definition) is 3. The number of piperidine rings is 2. The van der Waals surface area contributed by atoms with Gasteiger partial charge in [-0.05, 0) is 83.6 Å². The Morgan fingerprint density at radius 1 is 1.17 bits per heavy atom. The summed E-state index contributed by atoms with van der Waals surface area (Å²) in [6.07, 6.45) is 6.37. The number of nitrogens with one attached hydrogen (secondary N) is 1. The molecule has 2 aliphatic rings. The molecule has 2 fully saturated rings. The zero-order chi connectivity index (χ0) is 12.1. The fourth-order valence-electron chi connectivity index (χ4n) is 3.19.